The molecule has 0 heterocycles. The fourth-order valence-electron chi connectivity index (χ4n) is 0. The Kier molecular flexibility index (Phi) is 9190. The van der Waals surface area contributed by atoms with Gasteiger partial charge in [0.2, 0.25) is 4.91 Å². The smallest absolute Gasteiger partial charge is 0.106 e. The maximum atomic E-state index is 5.50. The zero-order chi connectivity index (χ0) is 4.71. The van der Waals surface area contributed by atoms with E-state index in [1.54, 1.807) is 0 Å². The van der Waals surface area contributed by atoms with E-state index in [9.17, 15) is 0 Å². The van der Waals surface area contributed by atoms with Crippen LogP contribution in [0.25, 0.3) is 0 Å². The van der Waals surface area contributed by atoms with E-state index in [0.29, 0.717) is 0 Å². The molecule has 0 saturated heterocycles. The van der Waals surface area contributed by atoms with E-state index in [4.69, 9.17) is 11.1 Å². The maximum absolute atomic E-state index is 5.50. The van der Waals surface area contributed by atoms with E-state index in [0.717, 1.165) is 0 Å². The summed E-state index contributed by atoms with van der Waals surface area (Å²) in [6.07, 6.45) is 0. The third-order valence-corrected chi connectivity index (χ3v) is 0. The van der Waals surface area contributed by atoms with Gasteiger partial charge in [-0.2, -0.15) is 0 Å². The Balaban J connectivity index is 0. The second-order valence-corrected chi connectivity index (χ2v) is 0.112. The predicted octanol–water partition coefficient (Wildman–Crippen LogP) is 0.918. The Bertz CT molecular complexity index is 34.2. The summed E-state index contributed by atoms with van der Waals surface area (Å²) in [6.45, 7) is 6.00. The SMILES string of the molecule is C=C.N=[N+]=N. The van der Waals surface area contributed by atoms with Gasteiger partial charge in [-0.15, -0.1) is 13.2 Å². The average molecular weight is 72.1 g/mol. The molecule has 0 aromatic rings. The lowest BCUT2D eigenvalue weighted by atomic mass is 11.3. The minimum atomic E-state index is 2.00. The molecule has 0 radical (unpaired) electrons. The molecule has 3 nitrogen and oxygen atoms in total. The fourth-order valence-corrected chi connectivity index (χ4v) is 0. The van der Waals surface area contributed by atoms with Crippen molar-refractivity contribution in [2.45, 2.75) is 0 Å². The van der Waals surface area contributed by atoms with Gasteiger partial charge in [0.15, 0.2) is 0 Å². The first kappa shape index (κ1) is 8.96. The van der Waals surface area contributed by atoms with Crippen LogP contribution in [0.1, 0.15) is 0 Å². The molecule has 0 bridgehead atoms. The highest BCUT2D eigenvalue weighted by molar-refractivity contribution is 4.22. The summed E-state index contributed by atoms with van der Waals surface area (Å²) < 4.78 is 0. The van der Waals surface area contributed by atoms with Gasteiger partial charge in [-0.3, -0.25) is 0 Å². The molecule has 5 heavy (non-hydrogen) atoms. The molecular weight excluding hydrogens is 66.0 g/mol. The predicted molar refractivity (Wildman–Crippen MR) is 18.8 cm³/mol. The van der Waals surface area contributed by atoms with Crippen LogP contribution in [0.3, 0.4) is 0 Å². The van der Waals surface area contributed by atoms with Gasteiger partial charge < -0.3 is 0 Å². The van der Waals surface area contributed by atoms with Gasteiger partial charge in [-0.25, -0.2) is 0 Å². The summed E-state index contributed by atoms with van der Waals surface area (Å²) in [5.41, 5.74) is 11.0. The van der Waals surface area contributed by atoms with Crippen molar-refractivity contribution in [3.05, 3.63) is 13.2 Å². The first-order valence-corrected chi connectivity index (χ1v) is 0.947. The highest BCUT2D eigenvalue weighted by atomic mass is 15.0. The Labute approximate surface area is 30.3 Å². The lowest BCUT2D eigenvalue weighted by molar-refractivity contribution is 0.928. The van der Waals surface area contributed by atoms with Crippen LogP contribution in [0.15, 0.2) is 13.2 Å². The van der Waals surface area contributed by atoms with Gasteiger partial charge >= 0.3 is 0 Å². The molecule has 0 aromatic carbocycles. The standard InChI is InChI=1S/C2H4.H2N3/c1-2;1-3-2/h1-2H2;1-2H/q;+1. The molecule has 0 unspecified atom stereocenters. The van der Waals surface area contributed by atoms with Gasteiger partial charge in [0.1, 0.15) is 11.1 Å². The maximum Gasteiger partial charge on any atom is 0.211 e. The van der Waals surface area contributed by atoms with Crippen LogP contribution in [0, 0.1) is 11.1 Å². The minimum absolute atomic E-state index is 2.00. The van der Waals surface area contributed by atoms with Crippen molar-refractivity contribution in [3.63, 3.8) is 0 Å². The van der Waals surface area contributed by atoms with Gasteiger partial charge in [0, 0.05) is 0 Å². The second kappa shape index (κ2) is 5130. The van der Waals surface area contributed by atoms with E-state index in [2.05, 4.69) is 13.2 Å². The van der Waals surface area contributed by atoms with E-state index in [-0.39, 0.29) is 0 Å². The molecule has 0 aliphatic heterocycles. The van der Waals surface area contributed by atoms with Gasteiger partial charge in [0.25, 0.3) is 0 Å². The molecular formula is C2H6N3+. The van der Waals surface area contributed by atoms with Crippen molar-refractivity contribution in [2.24, 2.45) is 0 Å². The van der Waals surface area contributed by atoms with E-state index < -0.39 is 0 Å². The summed E-state index contributed by atoms with van der Waals surface area (Å²) >= 11 is 0. The fraction of sp³-hybridized carbons (Fsp3) is 0. The summed E-state index contributed by atoms with van der Waals surface area (Å²) in [4.78, 5) is 2.00. The van der Waals surface area contributed by atoms with E-state index >= 15 is 0 Å². The van der Waals surface area contributed by atoms with Crippen LogP contribution in [0.5, 0.6) is 0 Å². The Hall–Kier alpha value is -0.950. The topological polar surface area (TPSA) is 61.8 Å². The van der Waals surface area contributed by atoms with Crippen LogP contribution in [-0.4, -0.2) is 0 Å². The molecule has 0 aliphatic carbocycles. The van der Waals surface area contributed by atoms with Crippen LogP contribution in [0.2, 0.25) is 0 Å². The summed E-state index contributed by atoms with van der Waals surface area (Å²) in [6, 6.07) is 0. The van der Waals surface area contributed by atoms with Crippen molar-refractivity contribution in [1.82, 2.24) is 4.91 Å². The number of hydrogen-bond acceptors (Lipinski definition) is 2. The molecule has 0 aromatic heterocycles. The largest absolute Gasteiger partial charge is 0.211 e. The zero-order valence-electron chi connectivity index (χ0n) is 2.86. The summed E-state index contributed by atoms with van der Waals surface area (Å²) in [7, 11) is 0. The molecule has 0 saturated carbocycles. The van der Waals surface area contributed by atoms with Crippen LogP contribution in [-0.2, 0) is 0 Å². The minimum Gasteiger partial charge on any atom is -0.106 e. The Morgan fingerprint density at radius 3 is 1.20 bits per heavy atom. The third-order valence-electron chi connectivity index (χ3n) is 0. The van der Waals surface area contributed by atoms with Crippen molar-refractivity contribution >= 4 is 0 Å². The summed E-state index contributed by atoms with van der Waals surface area (Å²) in [5, 5.41) is 0. The highest BCUT2D eigenvalue weighted by Crippen LogP contribution is 0.862. The monoisotopic (exact) mass is 72.1 g/mol. The van der Waals surface area contributed by atoms with Gasteiger partial charge in [-0.1, -0.05) is 0 Å². The Morgan fingerprint density at radius 1 is 1.20 bits per heavy atom. The molecule has 0 aliphatic rings. The quantitative estimate of drug-likeness (QED) is 0.243. The van der Waals surface area contributed by atoms with Crippen LogP contribution >= 0.6 is 0 Å². The highest BCUT2D eigenvalue weighted by Gasteiger charge is 1.16. The van der Waals surface area contributed by atoms with Crippen molar-refractivity contribution in [3.8, 4) is 0 Å². The van der Waals surface area contributed by atoms with Gasteiger partial charge in [-0.05, 0) is 0 Å². The molecule has 2 N–H and O–H groups in total. The van der Waals surface area contributed by atoms with Crippen molar-refractivity contribution in [1.29, 1.82) is 11.1 Å². The molecule has 0 rings (SSSR count). The average Bonchev–Trinajstić information content (AvgIpc) is 1.46. The second-order valence-electron chi connectivity index (χ2n) is 0.112. The molecule has 3 heteroatoms. The molecule has 0 atom stereocenters. The molecule has 28 valence electrons. The number of nitrogens with one attached hydrogen (secondary N) is 2. The molecule has 0 amide bonds. The van der Waals surface area contributed by atoms with Gasteiger partial charge in [0.05, 0.1) is 0 Å². The summed E-state index contributed by atoms with van der Waals surface area (Å²) in [5.74, 6) is 0. The number of hydrogen-bond donors (Lipinski definition) is 2. The lowest BCUT2D eigenvalue weighted by Gasteiger charge is -0.844. The zero-order valence-corrected chi connectivity index (χ0v) is 2.86. The Morgan fingerprint density at radius 2 is 1.20 bits per heavy atom. The van der Waals surface area contributed by atoms with Crippen molar-refractivity contribution in [2.75, 3.05) is 0 Å². The first-order valence-electron chi connectivity index (χ1n) is 0.947. The number of rotatable bonds is 0. The normalized spacial score (nSPS) is 2.40. The molecule has 0 spiro atoms. The number of nitrogens with zero attached hydrogens (tertiary/aromatic N) is 1. The third kappa shape index (κ3) is 3.73. The lowest BCUT2D eigenvalue weighted by Crippen LogP contribution is -1.24. The van der Waals surface area contributed by atoms with Crippen molar-refractivity contribution < 1.29 is 0 Å². The molecule has 0 fully saturated rings. The first-order chi connectivity index (χ1) is 2.41. The van der Waals surface area contributed by atoms with E-state index in [1.165, 1.54) is 0 Å². The van der Waals surface area contributed by atoms with Crippen LogP contribution < -0.4 is 4.91 Å². The van der Waals surface area contributed by atoms with Crippen LogP contribution in [0.4, 0.5) is 0 Å². The van der Waals surface area contributed by atoms with E-state index in [1.807, 2.05) is 4.91 Å².